The van der Waals surface area contributed by atoms with Gasteiger partial charge in [0, 0.05) is 41.9 Å². The molecule has 2 N–H and O–H groups in total. The lowest BCUT2D eigenvalue weighted by Gasteiger charge is -2.61. The molecule has 5 atom stereocenters. The van der Waals surface area contributed by atoms with Crippen LogP contribution in [0.4, 0.5) is 18.9 Å². The number of anilines is 1. The molecule has 0 radical (unpaired) electrons. The standard InChI is InChI=1S/C31H35F3N2O3/c1-18(2)17-36(3)13-12-30-21-10-7-11-26(30)39-28-23(16-25(37)20(27(28)30)15-24(21)36)35-29(38)22(31(32,33)34)14-19-8-5-4-6-9-19/h4-6,8-9,14,16,18,21,24,26H,7,10-13,15,17H2,1-3H3,(H-,35,37,38)/p+1/t21-,24+,26-,30+,36?/m0/s1. The minimum atomic E-state index is -4.86. The second kappa shape index (κ2) is 9.01. The number of benzene rings is 2. The van der Waals surface area contributed by atoms with Gasteiger partial charge >= 0.3 is 6.18 Å². The zero-order valence-electron chi connectivity index (χ0n) is 22.6. The predicted octanol–water partition coefficient (Wildman–Crippen LogP) is 6.21. The molecule has 1 spiro atoms. The number of likely N-dealkylation sites (tertiary alicyclic amines) is 1. The molecule has 2 aromatic carbocycles. The first-order chi connectivity index (χ1) is 18.4. The van der Waals surface area contributed by atoms with Crippen LogP contribution in [-0.2, 0) is 16.6 Å². The summed E-state index contributed by atoms with van der Waals surface area (Å²) in [5.74, 6) is 0.121. The Labute approximate surface area is 227 Å². The van der Waals surface area contributed by atoms with Crippen LogP contribution >= 0.6 is 0 Å². The van der Waals surface area contributed by atoms with E-state index in [1.54, 1.807) is 18.2 Å². The predicted molar refractivity (Wildman–Crippen MR) is 144 cm³/mol. The van der Waals surface area contributed by atoms with E-state index in [0.717, 1.165) is 60.5 Å². The van der Waals surface area contributed by atoms with Crippen LogP contribution < -0.4 is 10.1 Å². The molecule has 1 saturated heterocycles. The number of carbonyl (C=O) groups is 1. The zero-order chi connectivity index (χ0) is 27.7. The lowest BCUT2D eigenvalue weighted by atomic mass is 9.51. The first-order valence-electron chi connectivity index (χ1n) is 14.0. The molecule has 2 aliphatic carbocycles. The summed E-state index contributed by atoms with van der Waals surface area (Å²) < 4.78 is 49.5. The van der Waals surface area contributed by atoms with Crippen LogP contribution in [0.2, 0.25) is 0 Å². The molecule has 208 valence electrons. The van der Waals surface area contributed by atoms with Gasteiger partial charge in [0.15, 0.2) is 0 Å². The number of nitrogens with zero attached hydrogens (tertiary/aromatic N) is 1. The Morgan fingerprint density at radius 3 is 2.69 bits per heavy atom. The number of likely N-dealkylation sites (N-methyl/N-ethyl adjacent to an activating group) is 1. The number of hydrogen-bond donors (Lipinski definition) is 2. The number of rotatable bonds is 5. The van der Waals surface area contributed by atoms with E-state index in [1.807, 2.05) is 0 Å². The molecule has 1 amide bonds. The minimum absolute atomic E-state index is 0.0280. The Kier molecular flexibility index (Phi) is 6.06. The van der Waals surface area contributed by atoms with Gasteiger partial charge in [-0.15, -0.1) is 0 Å². The summed E-state index contributed by atoms with van der Waals surface area (Å²) in [6.45, 7) is 6.55. The van der Waals surface area contributed by atoms with Crippen molar-refractivity contribution in [2.24, 2.45) is 11.8 Å². The van der Waals surface area contributed by atoms with Crippen LogP contribution in [-0.4, -0.2) is 54.0 Å². The number of nitrogens with one attached hydrogen (secondary N) is 1. The van der Waals surface area contributed by atoms with E-state index in [-0.39, 0.29) is 28.5 Å². The van der Waals surface area contributed by atoms with E-state index in [0.29, 0.717) is 30.0 Å². The smallest absolute Gasteiger partial charge is 0.421 e. The molecule has 8 heteroatoms. The largest absolute Gasteiger partial charge is 0.508 e. The van der Waals surface area contributed by atoms with Gasteiger partial charge in [0.25, 0.3) is 5.91 Å². The maximum absolute atomic E-state index is 14.0. The van der Waals surface area contributed by atoms with Gasteiger partial charge in [0.05, 0.1) is 37.3 Å². The molecular weight excluding hydrogens is 505 g/mol. The fourth-order valence-corrected chi connectivity index (χ4v) is 8.40. The van der Waals surface area contributed by atoms with Crippen molar-refractivity contribution in [3.05, 3.63) is 58.7 Å². The molecule has 2 aromatic rings. The molecular formula is C31H36F3N2O3+. The maximum Gasteiger partial charge on any atom is 0.421 e. The Balaban J connectivity index is 1.42. The lowest BCUT2D eigenvalue weighted by molar-refractivity contribution is -0.947. The van der Waals surface area contributed by atoms with Crippen molar-refractivity contribution in [3.63, 3.8) is 0 Å². The summed E-state index contributed by atoms with van der Waals surface area (Å²) in [7, 11) is 2.34. The van der Waals surface area contributed by atoms with E-state index in [9.17, 15) is 23.1 Å². The van der Waals surface area contributed by atoms with Crippen LogP contribution in [0.5, 0.6) is 11.5 Å². The number of halogens is 3. The summed E-state index contributed by atoms with van der Waals surface area (Å²) in [5.41, 5.74) is 0.593. The summed E-state index contributed by atoms with van der Waals surface area (Å²) in [5, 5.41) is 13.8. The molecule has 39 heavy (non-hydrogen) atoms. The Morgan fingerprint density at radius 1 is 1.26 bits per heavy atom. The first kappa shape index (κ1) is 26.2. The maximum atomic E-state index is 14.0. The van der Waals surface area contributed by atoms with Crippen LogP contribution in [0.3, 0.4) is 0 Å². The average molecular weight is 542 g/mol. The molecule has 2 bridgehead atoms. The first-order valence-corrected chi connectivity index (χ1v) is 14.0. The lowest BCUT2D eigenvalue weighted by Crippen LogP contribution is -2.71. The summed E-state index contributed by atoms with van der Waals surface area (Å²) >= 11 is 0. The van der Waals surface area contributed by atoms with Gasteiger partial charge in [-0.05, 0) is 30.9 Å². The van der Waals surface area contributed by atoms with Gasteiger partial charge in [-0.1, -0.05) is 44.2 Å². The van der Waals surface area contributed by atoms with Crippen LogP contribution in [0.1, 0.15) is 56.2 Å². The molecule has 6 rings (SSSR count). The van der Waals surface area contributed by atoms with Gasteiger partial charge in [0.1, 0.15) is 23.2 Å². The van der Waals surface area contributed by atoms with Gasteiger partial charge in [-0.3, -0.25) is 4.79 Å². The fraction of sp³-hybridized carbons (Fsp3) is 0.516. The number of ether oxygens (including phenoxy) is 1. The van der Waals surface area contributed by atoms with E-state index >= 15 is 0 Å². The number of phenolic OH excluding ortho intramolecular Hbond substituents is 1. The molecule has 5 nitrogen and oxygen atoms in total. The number of amides is 1. The van der Waals surface area contributed by atoms with Crippen molar-refractivity contribution in [2.75, 3.05) is 25.5 Å². The minimum Gasteiger partial charge on any atom is -0.508 e. The van der Waals surface area contributed by atoms with Crippen molar-refractivity contribution in [1.29, 1.82) is 0 Å². The number of piperidine rings is 1. The van der Waals surface area contributed by atoms with Crippen LogP contribution in [0.25, 0.3) is 6.08 Å². The highest BCUT2D eigenvalue weighted by atomic mass is 19.4. The Morgan fingerprint density at radius 2 is 2.00 bits per heavy atom. The topological polar surface area (TPSA) is 58.6 Å². The van der Waals surface area contributed by atoms with Gasteiger partial charge in [-0.25, -0.2) is 0 Å². The third kappa shape index (κ3) is 4.05. The highest BCUT2D eigenvalue weighted by Crippen LogP contribution is 2.65. The monoisotopic (exact) mass is 541 g/mol. The van der Waals surface area contributed by atoms with E-state index in [4.69, 9.17) is 4.74 Å². The second-order valence-electron chi connectivity index (χ2n) is 12.5. The number of alkyl halides is 3. The van der Waals surface area contributed by atoms with Crippen molar-refractivity contribution in [1.82, 2.24) is 0 Å². The van der Waals surface area contributed by atoms with Crippen molar-refractivity contribution >= 4 is 17.7 Å². The summed E-state index contributed by atoms with van der Waals surface area (Å²) in [4.78, 5) is 13.1. The van der Waals surface area contributed by atoms with E-state index < -0.39 is 17.7 Å². The Bertz CT molecular complexity index is 1340. The average Bonchev–Trinajstić information content (AvgIpc) is 3.20. The third-order valence-electron chi connectivity index (χ3n) is 9.71. The normalized spacial score (nSPS) is 31.1. The second-order valence-corrected chi connectivity index (χ2v) is 12.5. The highest BCUT2D eigenvalue weighted by Gasteiger charge is 2.67. The van der Waals surface area contributed by atoms with Crippen molar-refractivity contribution in [3.8, 4) is 11.5 Å². The zero-order valence-corrected chi connectivity index (χ0v) is 22.6. The molecule has 2 fully saturated rings. The van der Waals surface area contributed by atoms with Crippen molar-refractivity contribution in [2.45, 2.75) is 69.7 Å². The molecule has 0 aromatic heterocycles. The van der Waals surface area contributed by atoms with Crippen LogP contribution in [0.15, 0.2) is 42.0 Å². The molecule has 4 aliphatic rings. The molecule has 1 unspecified atom stereocenters. The van der Waals surface area contributed by atoms with Gasteiger partial charge < -0.3 is 19.6 Å². The van der Waals surface area contributed by atoms with Gasteiger partial charge in [0.2, 0.25) is 0 Å². The Hall–Kier alpha value is -3.00. The number of aromatic hydroxyl groups is 1. The SMILES string of the molecule is CC(C)C[N+]1(C)CC[C@]23c4c5c(O)cc(NC(=O)C(=Cc6ccccc6)C(F)(F)F)c4O[C@H]2CCC[C@H]3[C@H]1C5. The molecule has 2 heterocycles. The fourth-order valence-electron chi connectivity index (χ4n) is 8.40. The number of phenols is 1. The van der Waals surface area contributed by atoms with Crippen molar-refractivity contribution < 1.29 is 32.3 Å². The number of hydrogen-bond acceptors (Lipinski definition) is 3. The number of quaternary nitrogens is 1. The summed E-state index contributed by atoms with van der Waals surface area (Å²) in [6.07, 6.45) is 0.471. The number of carbonyl (C=O) groups excluding carboxylic acids is 1. The van der Waals surface area contributed by atoms with E-state index in [1.165, 1.54) is 18.2 Å². The highest BCUT2D eigenvalue weighted by molar-refractivity contribution is 6.08. The van der Waals surface area contributed by atoms with Crippen LogP contribution in [0, 0.1) is 11.8 Å². The van der Waals surface area contributed by atoms with Gasteiger partial charge in [-0.2, -0.15) is 13.2 Å². The summed E-state index contributed by atoms with van der Waals surface area (Å²) in [6, 6.07) is 9.71. The molecule has 2 aliphatic heterocycles. The molecule has 1 saturated carbocycles. The van der Waals surface area contributed by atoms with E-state index in [2.05, 4.69) is 26.2 Å². The quantitative estimate of drug-likeness (QED) is 0.350. The third-order valence-corrected chi connectivity index (χ3v) is 9.71.